The highest BCUT2D eigenvalue weighted by Crippen LogP contribution is 2.10. The zero-order valence-corrected chi connectivity index (χ0v) is 12.4. The average molecular weight is 290 g/mol. The normalized spacial score (nSPS) is 12.1. The number of nitrogens with one attached hydrogen (secondary N) is 1. The number of benzene rings is 1. The number of thioether (sulfide) groups is 1. The zero-order chi connectivity index (χ0) is 14.5. The number of hydrogen-bond acceptors (Lipinski definition) is 4. The lowest BCUT2D eigenvalue weighted by Crippen LogP contribution is -2.29. The number of nitrogens with zero attached hydrogens (tertiary/aromatic N) is 2. The lowest BCUT2D eigenvalue weighted by molar-refractivity contribution is 0.0948. The topological polar surface area (TPSA) is 72.9 Å². The van der Waals surface area contributed by atoms with E-state index in [-0.39, 0.29) is 5.91 Å². The Balaban J connectivity index is 2.05. The van der Waals surface area contributed by atoms with Gasteiger partial charge in [0.2, 0.25) is 0 Å². The van der Waals surface area contributed by atoms with E-state index in [0.29, 0.717) is 23.2 Å². The van der Waals surface area contributed by atoms with Crippen LogP contribution in [0.3, 0.4) is 0 Å². The molecule has 0 aliphatic carbocycles. The Labute approximate surface area is 122 Å². The maximum atomic E-state index is 11.9. The number of hydrogen-bond donors (Lipinski definition) is 2. The van der Waals surface area contributed by atoms with Crippen LogP contribution in [0.25, 0.3) is 5.69 Å². The van der Waals surface area contributed by atoms with Crippen LogP contribution >= 0.6 is 11.8 Å². The molecule has 0 spiro atoms. The Morgan fingerprint density at radius 1 is 1.40 bits per heavy atom. The molecule has 1 atom stereocenters. The molecule has 0 saturated heterocycles. The summed E-state index contributed by atoms with van der Waals surface area (Å²) in [6, 6.07) is 9.03. The quantitative estimate of drug-likeness (QED) is 0.825. The fourth-order valence-corrected chi connectivity index (χ4v) is 1.88. The Kier molecular flexibility index (Phi) is 4.68. The number of nitrogen functional groups attached to an aromatic ring is 1. The predicted molar refractivity (Wildman–Crippen MR) is 83.3 cm³/mol. The SMILES string of the molecule is CSC(C)CNC(=O)c1ccn(-c2ccc(N)cc2)n1. The highest BCUT2D eigenvalue weighted by Gasteiger charge is 2.11. The molecule has 1 amide bonds. The third-order valence-corrected chi connectivity index (χ3v) is 3.90. The molecular formula is C14H18N4OS. The van der Waals surface area contributed by atoms with Crippen molar-refractivity contribution in [3.05, 3.63) is 42.2 Å². The second-order valence-corrected chi connectivity index (χ2v) is 5.77. The van der Waals surface area contributed by atoms with Gasteiger partial charge in [-0.3, -0.25) is 4.79 Å². The Hall–Kier alpha value is -1.95. The summed E-state index contributed by atoms with van der Waals surface area (Å²) in [7, 11) is 0. The fraction of sp³-hybridized carbons (Fsp3) is 0.286. The molecule has 106 valence electrons. The van der Waals surface area contributed by atoms with E-state index >= 15 is 0 Å². The summed E-state index contributed by atoms with van der Waals surface area (Å²) in [5, 5.41) is 7.53. The molecule has 20 heavy (non-hydrogen) atoms. The summed E-state index contributed by atoms with van der Waals surface area (Å²) in [6.07, 6.45) is 3.78. The van der Waals surface area contributed by atoms with E-state index in [1.165, 1.54) is 0 Å². The van der Waals surface area contributed by atoms with Crippen molar-refractivity contribution in [1.82, 2.24) is 15.1 Å². The van der Waals surface area contributed by atoms with Gasteiger partial charge in [-0.05, 0) is 36.6 Å². The molecule has 5 nitrogen and oxygen atoms in total. The van der Waals surface area contributed by atoms with Crippen LogP contribution in [-0.2, 0) is 0 Å². The molecule has 1 aromatic heterocycles. The highest BCUT2D eigenvalue weighted by atomic mass is 32.2. The van der Waals surface area contributed by atoms with Crippen LogP contribution in [0.5, 0.6) is 0 Å². The lowest BCUT2D eigenvalue weighted by Gasteiger charge is -2.08. The van der Waals surface area contributed by atoms with E-state index < -0.39 is 0 Å². The summed E-state index contributed by atoms with van der Waals surface area (Å²) in [6.45, 7) is 2.70. The minimum absolute atomic E-state index is 0.153. The summed E-state index contributed by atoms with van der Waals surface area (Å²) in [5.74, 6) is -0.153. The third kappa shape index (κ3) is 3.54. The highest BCUT2D eigenvalue weighted by molar-refractivity contribution is 7.99. The number of anilines is 1. The fourth-order valence-electron chi connectivity index (χ4n) is 1.63. The minimum Gasteiger partial charge on any atom is -0.399 e. The van der Waals surface area contributed by atoms with E-state index in [4.69, 9.17) is 5.73 Å². The van der Waals surface area contributed by atoms with Gasteiger partial charge < -0.3 is 11.1 Å². The van der Waals surface area contributed by atoms with Crippen LogP contribution in [0.2, 0.25) is 0 Å². The van der Waals surface area contributed by atoms with Crippen molar-refractivity contribution in [2.75, 3.05) is 18.5 Å². The smallest absolute Gasteiger partial charge is 0.271 e. The van der Waals surface area contributed by atoms with Gasteiger partial charge in [0, 0.05) is 23.7 Å². The molecular weight excluding hydrogens is 272 g/mol. The van der Waals surface area contributed by atoms with Crippen LogP contribution in [0.1, 0.15) is 17.4 Å². The van der Waals surface area contributed by atoms with E-state index in [9.17, 15) is 4.79 Å². The monoisotopic (exact) mass is 290 g/mol. The van der Waals surface area contributed by atoms with Crippen molar-refractivity contribution in [2.24, 2.45) is 0 Å². The van der Waals surface area contributed by atoms with Crippen molar-refractivity contribution in [3.63, 3.8) is 0 Å². The number of carbonyl (C=O) groups is 1. The van der Waals surface area contributed by atoms with Crippen LogP contribution < -0.4 is 11.1 Å². The molecule has 1 aromatic carbocycles. The van der Waals surface area contributed by atoms with Crippen molar-refractivity contribution >= 4 is 23.4 Å². The molecule has 2 rings (SSSR count). The van der Waals surface area contributed by atoms with Gasteiger partial charge in [-0.1, -0.05) is 6.92 Å². The van der Waals surface area contributed by atoms with E-state index in [1.807, 2.05) is 18.4 Å². The Morgan fingerprint density at radius 2 is 2.10 bits per heavy atom. The first-order valence-corrected chi connectivity index (χ1v) is 7.61. The summed E-state index contributed by atoms with van der Waals surface area (Å²) >= 11 is 1.71. The van der Waals surface area contributed by atoms with Gasteiger partial charge in [-0.15, -0.1) is 0 Å². The predicted octanol–water partition coefficient (Wildman–Crippen LogP) is 1.94. The van der Waals surface area contributed by atoms with Gasteiger partial charge in [0.15, 0.2) is 5.69 Å². The molecule has 0 bridgehead atoms. The minimum atomic E-state index is -0.153. The number of carbonyl (C=O) groups excluding carboxylic acids is 1. The van der Waals surface area contributed by atoms with Crippen molar-refractivity contribution in [2.45, 2.75) is 12.2 Å². The maximum absolute atomic E-state index is 11.9. The lowest BCUT2D eigenvalue weighted by atomic mass is 10.3. The van der Waals surface area contributed by atoms with Crippen molar-refractivity contribution in [3.8, 4) is 5.69 Å². The molecule has 0 radical (unpaired) electrons. The van der Waals surface area contributed by atoms with Crippen molar-refractivity contribution in [1.29, 1.82) is 0 Å². The summed E-state index contributed by atoms with van der Waals surface area (Å²) in [4.78, 5) is 11.9. The first kappa shape index (κ1) is 14.5. The molecule has 3 N–H and O–H groups in total. The average Bonchev–Trinajstić information content (AvgIpc) is 2.95. The molecule has 0 aliphatic heterocycles. The van der Waals surface area contributed by atoms with Crippen LogP contribution in [0, 0.1) is 0 Å². The number of aromatic nitrogens is 2. The zero-order valence-electron chi connectivity index (χ0n) is 11.5. The van der Waals surface area contributed by atoms with E-state index in [1.54, 1.807) is 40.8 Å². The van der Waals surface area contributed by atoms with Gasteiger partial charge in [0.05, 0.1) is 5.69 Å². The molecule has 0 fully saturated rings. The van der Waals surface area contributed by atoms with Gasteiger partial charge in [0.25, 0.3) is 5.91 Å². The first-order chi connectivity index (χ1) is 9.60. The maximum Gasteiger partial charge on any atom is 0.271 e. The third-order valence-electron chi connectivity index (χ3n) is 2.93. The van der Waals surface area contributed by atoms with Gasteiger partial charge in [0.1, 0.15) is 0 Å². The standard InChI is InChI=1S/C14H18N4OS/c1-10(20-2)9-16-14(19)13-7-8-18(17-13)12-5-3-11(15)4-6-12/h3-8,10H,9,15H2,1-2H3,(H,16,19). The molecule has 6 heteroatoms. The van der Waals surface area contributed by atoms with Gasteiger partial charge >= 0.3 is 0 Å². The first-order valence-electron chi connectivity index (χ1n) is 6.32. The van der Waals surface area contributed by atoms with Crippen LogP contribution in [-0.4, -0.2) is 33.7 Å². The van der Waals surface area contributed by atoms with E-state index in [2.05, 4.69) is 17.3 Å². The number of rotatable bonds is 5. The van der Waals surface area contributed by atoms with Gasteiger partial charge in [-0.25, -0.2) is 4.68 Å². The molecule has 2 aromatic rings. The number of amides is 1. The van der Waals surface area contributed by atoms with Gasteiger partial charge in [-0.2, -0.15) is 16.9 Å². The molecule has 1 unspecified atom stereocenters. The van der Waals surface area contributed by atoms with Crippen LogP contribution in [0.4, 0.5) is 5.69 Å². The second kappa shape index (κ2) is 6.47. The Morgan fingerprint density at radius 3 is 2.75 bits per heavy atom. The van der Waals surface area contributed by atoms with E-state index in [0.717, 1.165) is 5.69 Å². The second-order valence-electron chi connectivity index (χ2n) is 4.49. The summed E-state index contributed by atoms with van der Waals surface area (Å²) < 4.78 is 1.66. The Bertz CT molecular complexity index is 579. The number of nitrogens with two attached hydrogens (primary N) is 1. The largest absolute Gasteiger partial charge is 0.399 e. The molecule has 0 aliphatic rings. The van der Waals surface area contributed by atoms with Crippen molar-refractivity contribution < 1.29 is 4.79 Å². The molecule has 0 saturated carbocycles. The van der Waals surface area contributed by atoms with Crippen LogP contribution in [0.15, 0.2) is 36.5 Å². The summed E-state index contributed by atoms with van der Waals surface area (Å²) in [5.41, 5.74) is 7.63. The molecule has 1 heterocycles.